The fourth-order valence-corrected chi connectivity index (χ4v) is 3.33. The van der Waals surface area contributed by atoms with Crippen molar-refractivity contribution in [2.75, 3.05) is 19.4 Å². The van der Waals surface area contributed by atoms with Crippen LogP contribution in [0.1, 0.15) is 19.3 Å². The number of hydrogen-bond acceptors (Lipinski definition) is 3. The van der Waals surface area contributed by atoms with E-state index in [0.717, 1.165) is 24.2 Å². The lowest BCUT2D eigenvalue weighted by molar-refractivity contribution is 0.306. The molecule has 2 rings (SSSR count). The first-order valence-corrected chi connectivity index (χ1v) is 7.63. The summed E-state index contributed by atoms with van der Waals surface area (Å²) < 4.78 is 5.67. The molecule has 0 bridgehead atoms. The predicted octanol–water partition coefficient (Wildman–Crippen LogP) is 2.94. The highest BCUT2D eigenvalue weighted by Gasteiger charge is 2.25. The van der Waals surface area contributed by atoms with E-state index in [9.17, 15) is 0 Å². The van der Waals surface area contributed by atoms with E-state index in [1.54, 1.807) is 0 Å². The van der Waals surface area contributed by atoms with Crippen LogP contribution in [0.2, 0.25) is 0 Å². The lowest BCUT2D eigenvalue weighted by Crippen LogP contribution is -2.36. The third-order valence-corrected chi connectivity index (χ3v) is 4.45. The topological polar surface area (TPSA) is 21.3 Å². The minimum atomic E-state index is 0.685. The van der Waals surface area contributed by atoms with Gasteiger partial charge in [0.25, 0.3) is 0 Å². The van der Waals surface area contributed by atoms with Crippen molar-refractivity contribution < 1.29 is 4.74 Å². The van der Waals surface area contributed by atoms with Gasteiger partial charge in [-0.3, -0.25) is 0 Å². The monoisotopic (exact) mass is 251 g/mol. The van der Waals surface area contributed by atoms with Crippen LogP contribution in [0.25, 0.3) is 0 Å². The van der Waals surface area contributed by atoms with Gasteiger partial charge < -0.3 is 10.1 Å². The molecule has 0 aliphatic heterocycles. The Bertz CT molecular complexity index is 317. The molecule has 2 nitrogen and oxygen atoms in total. The summed E-state index contributed by atoms with van der Waals surface area (Å²) in [4.78, 5) is 0. The Morgan fingerprint density at radius 3 is 2.88 bits per heavy atom. The molecule has 0 radical (unpaired) electrons. The van der Waals surface area contributed by atoms with Crippen LogP contribution in [0.5, 0.6) is 5.75 Å². The first-order chi connectivity index (χ1) is 8.40. The molecule has 1 saturated carbocycles. The molecular weight excluding hydrogens is 230 g/mol. The molecule has 1 aliphatic rings. The van der Waals surface area contributed by atoms with Crippen molar-refractivity contribution in [2.24, 2.45) is 0 Å². The van der Waals surface area contributed by atoms with Crippen molar-refractivity contribution in [3.05, 3.63) is 30.3 Å². The van der Waals surface area contributed by atoms with Crippen LogP contribution in [0.4, 0.5) is 0 Å². The first kappa shape index (κ1) is 12.8. The minimum Gasteiger partial charge on any atom is -0.492 e. The van der Waals surface area contributed by atoms with Gasteiger partial charge in [-0.2, -0.15) is 11.8 Å². The number of hydrogen-bond donors (Lipinski definition) is 1. The number of benzene rings is 1. The van der Waals surface area contributed by atoms with Gasteiger partial charge in [0, 0.05) is 17.8 Å². The highest BCUT2D eigenvalue weighted by Crippen LogP contribution is 2.28. The third-order valence-electron chi connectivity index (χ3n) is 3.28. The van der Waals surface area contributed by atoms with E-state index in [1.807, 2.05) is 42.1 Å². The normalized spacial score (nSPS) is 23.8. The Morgan fingerprint density at radius 1 is 1.29 bits per heavy atom. The van der Waals surface area contributed by atoms with Gasteiger partial charge in [-0.1, -0.05) is 24.6 Å². The average Bonchev–Trinajstić information content (AvgIpc) is 2.83. The van der Waals surface area contributed by atoms with Crippen LogP contribution in [0.3, 0.4) is 0 Å². The summed E-state index contributed by atoms with van der Waals surface area (Å²) in [6, 6.07) is 10.7. The maximum atomic E-state index is 5.67. The third kappa shape index (κ3) is 3.93. The zero-order valence-electron chi connectivity index (χ0n) is 10.4. The van der Waals surface area contributed by atoms with E-state index in [4.69, 9.17) is 4.74 Å². The SMILES string of the molecule is CSC1CCCC1NCCOc1ccccc1. The van der Waals surface area contributed by atoms with Crippen LogP contribution < -0.4 is 10.1 Å². The van der Waals surface area contributed by atoms with Crippen molar-refractivity contribution in [1.29, 1.82) is 0 Å². The summed E-state index contributed by atoms with van der Waals surface area (Å²) in [5.41, 5.74) is 0. The van der Waals surface area contributed by atoms with Crippen LogP contribution in [-0.2, 0) is 0 Å². The van der Waals surface area contributed by atoms with Gasteiger partial charge in [0.2, 0.25) is 0 Å². The van der Waals surface area contributed by atoms with Gasteiger partial charge in [-0.25, -0.2) is 0 Å². The number of ether oxygens (including phenoxy) is 1. The second-order valence-corrected chi connectivity index (χ2v) is 5.50. The molecule has 0 heterocycles. The zero-order chi connectivity index (χ0) is 11.9. The van der Waals surface area contributed by atoms with Crippen molar-refractivity contribution in [2.45, 2.75) is 30.6 Å². The molecule has 3 heteroatoms. The summed E-state index contributed by atoms with van der Waals surface area (Å²) in [5, 5.41) is 4.40. The van der Waals surface area contributed by atoms with Gasteiger partial charge in [0.15, 0.2) is 0 Å². The highest BCUT2D eigenvalue weighted by molar-refractivity contribution is 7.99. The van der Waals surface area contributed by atoms with Gasteiger partial charge in [-0.15, -0.1) is 0 Å². The molecule has 94 valence electrons. The molecule has 0 saturated heterocycles. The molecule has 17 heavy (non-hydrogen) atoms. The molecule has 2 unspecified atom stereocenters. The summed E-state index contributed by atoms with van der Waals surface area (Å²) in [6.45, 7) is 1.69. The van der Waals surface area contributed by atoms with Gasteiger partial charge in [0.05, 0.1) is 0 Å². The Morgan fingerprint density at radius 2 is 2.12 bits per heavy atom. The maximum Gasteiger partial charge on any atom is 0.119 e. The molecule has 1 aromatic rings. The van der Waals surface area contributed by atoms with E-state index in [1.165, 1.54) is 19.3 Å². The molecule has 1 aromatic carbocycles. The van der Waals surface area contributed by atoms with Crippen LogP contribution in [-0.4, -0.2) is 30.7 Å². The van der Waals surface area contributed by atoms with Crippen molar-refractivity contribution in [3.8, 4) is 5.75 Å². The molecule has 0 amide bonds. The molecule has 0 aromatic heterocycles. The number of para-hydroxylation sites is 1. The second-order valence-electron chi connectivity index (χ2n) is 4.43. The molecule has 1 fully saturated rings. The lowest BCUT2D eigenvalue weighted by atomic mass is 10.2. The molecule has 1 N–H and O–H groups in total. The largest absolute Gasteiger partial charge is 0.492 e. The van der Waals surface area contributed by atoms with E-state index in [-0.39, 0.29) is 0 Å². The highest BCUT2D eigenvalue weighted by atomic mass is 32.2. The van der Waals surface area contributed by atoms with E-state index >= 15 is 0 Å². The Labute approximate surface area is 108 Å². The zero-order valence-corrected chi connectivity index (χ0v) is 11.2. The fourth-order valence-electron chi connectivity index (χ4n) is 2.37. The lowest BCUT2D eigenvalue weighted by Gasteiger charge is -2.19. The molecule has 1 aliphatic carbocycles. The van der Waals surface area contributed by atoms with E-state index in [0.29, 0.717) is 6.04 Å². The number of thioether (sulfide) groups is 1. The molecule has 2 atom stereocenters. The maximum absolute atomic E-state index is 5.67. The predicted molar refractivity (Wildman–Crippen MR) is 74.9 cm³/mol. The van der Waals surface area contributed by atoms with Crippen LogP contribution >= 0.6 is 11.8 Å². The summed E-state index contributed by atoms with van der Waals surface area (Å²) >= 11 is 1.99. The number of rotatable bonds is 6. The number of nitrogens with one attached hydrogen (secondary N) is 1. The second kappa shape index (κ2) is 6.92. The van der Waals surface area contributed by atoms with Crippen molar-refractivity contribution in [3.63, 3.8) is 0 Å². The standard InChI is InChI=1S/C14H21NOS/c1-17-14-9-5-8-13(14)15-10-11-16-12-6-3-2-4-7-12/h2-4,6-7,13-15H,5,8-11H2,1H3. The average molecular weight is 251 g/mol. The molecule has 0 spiro atoms. The van der Waals surface area contributed by atoms with Gasteiger partial charge in [-0.05, 0) is 31.2 Å². The summed E-state index contributed by atoms with van der Waals surface area (Å²) in [7, 11) is 0. The quantitative estimate of drug-likeness (QED) is 0.786. The molecular formula is C14H21NOS. The first-order valence-electron chi connectivity index (χ1n) is 6.34. The Balaban J connectivity index is 1.63. The van der Waals surface area contributed by atoms with Gasteiger partial charge >= 0.3 is 0 Å². The van der Waals surface area contributed by atoms with E-state index < -0.39 is 0 Å². The minimum absolute atomic E-state index is 0.685. The van der Waals surface area contributed by atoms with Crippen LogP contribution in [0, 0.1) is 0 Å². The Kier molecular flexibility index (Phi) is 5.20. The van der Waals surface area contributed by atoms with Gasteiger partial charge in [0.1, 0.15) is 12.4 Å². The van der Waals surface area contributed by atoms with Crippen molar-refractivity contribution >= 4 is 11.8 Å². The summed E-state index contributed by atoms with van der Waals surface area (Å²) in [5.74, 6) is 0.960. The van der Waals surface area contributed by atoms with Crippen molar-refractivity contribution in [1.82, 2.24) is 5.32 Å². The summed E-state index contributed by atoms with van der Waals surface area (Å²) in [6.07, 6.45) is 6.25. The van der Waals surface area contributed by atoms with E-state index in [2.05, 4.69) is 11.6 Å². The van der Waals surface area contributed by atoms with Crippen LogP contribution in [0.15, 0.2) is 30.3 Å². The fraction of sp³-hybridized carbons (Fsp3) is 0.571. The smallest absolute Gasteiger partial charge is 0.119 e. The Hall–Kier alpha value is -0.670.